The summed E-state index contributed by atoms with van der Waals surface area (Å²) in [6, 6.07) is 10.9. The number of amides is 1. The lowest BCUT2D eigenvalue weighted by Gasteiger charge is -2.28. The van der Waals surface area contributed by atoms with Gasteiger partial charge in [0, 0.05) is 12.5 Å². The first kappa shape index (κ1) is 13.6. The van der Waals surface area contributed by atoms with E-state index in [1.54, 1.807) is 0 Å². The Balaban J connectivity index is 1.64. The molecule has 1 amide bonds. The van der Waals surface area contributed by atoms with Crippen molar-refractivity contribution in [2.75, 3.05) is 19.6 Å². The maximum Gasteiger partial charge on any atom is 0.223 e. The number of carbonyl (C=O) groups excluding carboxylic acids is 1. The van der Waals surface area contributed by atoms with E-state index in [9.17, 15) is 4.79 Å². The summed E-state index contributed by atoms with van der Waals surface area (Å²) >= 11 is 0. The molecule has 1 saturated carbocycles. The lowest BCUT2D eigenvalue weighted by Crippen LogP contribution is -2.37. The predicted octanol–water partition coefficient (Wildman–Crippen LogP) is 2.60. The number of hydrogen-bond acceptors (Lipinski definition) is 2. The normalized spacial score (nSPS) is 27.2. The molecule has 3 nitrogen and oxygen atoms in total. The Morgan fingerprint density at radius 2 is 1.95 bits per heavy atom. The SMILES string of the molecule is CC1CC1C(=O)NCC(c1ccccc1)N1CCCC1. The average molecular weight is 272 g/mol. The van der Waals surface area contributed by atoms with Gasteiger partial charge in [0.05, 0.1) is 6.04 Å². The summed E-state index contributed by atoms with van der Waals surface area (Å²) < 4.78 is 0. The van der Waals surface area contributed by atoms with E-state index in [1.165, 1.54) is 18.4 Å². The zero-order valence-electron chi connectivity index (χ0n) is 12.2. The molecule has 3 atom stereocenters. The molecular formula is C17H24N2O. The third-order valence-electron chi connectivity index (χ3n) is 4.68. The Morgan fingerprint density at radius 1 is 1.30 bits per heavy atom. The van der Waals surface area contributed by atoms with Crippen LogP contribution in [-0.4, -0.2) is 30.4 Å². The van der Waals surface area contributed by atoms with Crippen molar-refractivity contribution in [3.8, 4) is 0 Å². The highest BCUT2D eigenvalue weighted by Gasteiger charge is 2.39. The molecular weight excluding hydrogens is 248 g/mol. The topological polar surface area (TPSA) is 32.3 Å². The van der Waals surface area contributed by atoms with Crippen LogP contribution in [0.2, 0.25) is 0 Å². The van der Waals surface area contributed by atoms with E-state index in [0.717, 1.165) is 26.1 Å². The van der Waals surface area contributed by atoms with Gasteiger partial charge >= 0.3 is 0 Å². The average Bonchev–Trinajstić information content (AvgIpc) is 2.98. The van der Waals surface area contributed by atoms with Gasteiger partial charge in [0.25, 0.3) is 0 Å². The lowest BCUT2D eigenvalue weighted by molar-refractivity contribution is -0.122. The van der Waals surface area contributed by atoms with E-state index in [1.807, 2.05) is 0 Å². The smallest absolute Gasteiger partial charge is 0.223 e. The molecule has 2 fully saturated rings. The first-order valence-electron chi connectivity index (χ1n) is 7.82. The Morgan fingerprint density at radius 3 is 2.55 bits per heavy atom. The predicted molar refractivity (Wildman–Crippen MR) is 80.3 cm³/mol. The highest BCUT2D eigenvalue weighted by molar-refractivity contribution is 5.81. The molecule has 1 aliphatic carbocycles. The van der Waals surface area contributed by atoms with Gasteiger partial charge in [0.1, 0.15) is 0 Å². The van der Waals surface area contributed by atoms with Gasteiger partial charge in [-0.3, -0.25) is 9.69 Å². The van der Waals surface area contributed by atoms with E-state index in [2.05, 4.69) is 47.5 Å². The second-order valence-electron chi connectivity index (χ2n) is 6.23. The van der Waals surface area contributed by atoms with Gasteiger partial charge in [-0.15, -0.1) is 0 Å². The second kappa shape index (κ2) is 5.96. The summed E-state index contributed by atoms with van der Waals surface area (Å²) in [5, 5.41) is 3.17. The Kier molecular flexibility index (Phi) is 4.06. The molecule has 0 radical (unpaired) electrons. The Labute approximate surface area is 121 Å². The van der Waals surface area contributed by atoms with E-state index in [0.29, 0.717) is 12.0 Å². The maximum atomic E-state index is 12.0. The minimum absolute atomic E-state index is 0.248. The summed E-state index contributed by atoms with van der Waals surface area (Å²) in [6.45, 7) is 5.19. The van der Waals surface area contributed by atoms with Crippen LogP contribution in [0.15, 0.2) is 30.3 Å². The monoisotopic (exact) mass is 272 g/mol. The van der Waals surface area contributed by atoms with Gasteiger partial charge in [-0.05, 0) is 43.8 Å². The second-order valence-corrected chi connectivity index (χ2v) is 6.23. The quantitative estimate of drug-likeness (QED) is 0.893. The van der Waals surface area contributed by atoms with Crippen molar-refractivity contribution >= 4 is 5.91 Å². The number of carbonyl (C=O) groups is 1. The van der Waals surface area contributed by atoms with E-state index < -0.39 is 0 Å². The standard InChI is InChI=1S/C17H24N2O/c1-13-11-15(13)17(20)18-12-16(19-9-5-6-10-19)14-7-3-2-4-8-14/h2-4,7-8,13,15-16H,5-6,9-12H2,1H3,(H,18,20). The van der Waals surface area contributed by atoms with Gasteiger partial charge in [0.2, 0.25) is 5.91 Å². The fraction of sp³-hybridized carbons (Fsp3) is 0.588. The summed E-state index contributed by atoms with van der Waals surface area (Å²) in [5.74, 6) is 1.10. The van der Waals surface area contributed by atoms with E-state index in [4.69, 9.17) is 0 Å². The van der Waals surface area contributed by atoms with Crippen LogP contribution >= 0.6 is 0 Å². The van der Waals surface area contributed by atoms with Crippen molar-refractivity contribution < 1.29 is 4.79 Å². The molecule has 1 N–H and O–H groups in total. The van der Waals surface area contributed by atoms with E-state index >= 15 is 0 Å². The zero-order valence-corrected chi connectivity index (χ0v) is 12.2. The highest BCUT2D eigenvalue weighted by atomic mass is 16.2. The molecule has 0 bridgehead atoms. The van der Waals surface area contributed by atoms with Crippen LogP contribution in [0.1, 0.15) is 37.8 Å². The van der Waals surface area contributed by atoms with Crippen molar-refractivity contribution in [1.82, 2.24) is 10.2 Å². The molecule has 20 heavy (non-hydrogen) atoms. The molecule has 108 valence electrons. The molecule has 1 heterocycles. The van der Waals surface area contributed by atoms with E-state index in [-0.39, 0.29) is 11.8 Å². The maximum absolute atomic E-state index is 12.0. The minimum atomic E-state index is 0.248. The molecule has 3 heteroatoms. The van der Waals surface area contributed by atoms with Crippen molar-refractivity contribution in [2.45, 2.75) is 32.2 Å². The van der Waals surface area contributed by atoms with Crippen LogP contribution in [0, 0.1) is 11.8 Å². The zero-order chi connectivity index (χ0) is 13.9. The molecule has 2 aliphatic rings. The van der Waals surface area contributed by atoms with Crippen molar-refractivity contribution in [2.24, 2.45) is 11.8 Å². The molecule has 1 aromatic carbocycles. The van der Waals surface area contributed by atoms with Crippen LogP contribution in [0.5, 0.6) is 0 Å². The molecule has 0 aromatic heterocycles. The van der Waals surface area contributed by atoms with Gasteiger partial charge in [0.15, 0.2) is 0 Å². The number of nitrogens with one attached hydrogen (secondary N) is 1. The Hall–Kier alpha value is -1.35. The van der Waals surface area contributed by atoms with Gasteiger partial charge in [-0.2, -0.15) is 0 Å². The fourth-order valence-corrected chi connectivity index (χ4v) is 3.20. The minimum Gasteiger partial charge on any atom is -0.354 e. The third-order valence-corrected chi connectivity index (χ3v) is 4.68. The molecule has 0 spiro atoms. The molecule has 1 aliphatic heterocycles. The first-order chi connectivity index (χ1) is 9.75. The van der Waals surface area contributed by atoms with Crippen LogP contribution < -0.4 is 5.32 Å². The Bertz CT molecular complexity index is 453. The van der Waals surface area contributed by atoms with Crippen LogP contribution in [0.4, 0.5) is 0 Å². The molecule has 1 aromatic rings. The number of hydrogen-bond donors (Lipinski definition) is 1. The summed E-state index contributed by atoms with van der Waals surface area (Å²) in [7, 11) is 0. The lowest BCUT2D eigenvalue weighted by atomic mass is 10.1. The van der Waals surface area contributed by atoms with Crippen molar-refractivity contribution in [1.29, 1.82) is 0 Å². The first-order valence-corrected chi connectivity index (χ1v) is 7.82. The third kappa shape index (κ3) is 3.04. The largest absolute Gasteiger partial charge is 0.354 e. The summed E-state index contributed by atoms with van der Waals surface area (Å²) in [5.41, 5.74) is 1.32. The van der Waals surface area contributed by atoms with Crippen LogP contribution in [0.3, 0.4) is 0 Å². The summed E-state index contributed by atoms with van der Waals surface area (Å²) in [6.07, 6.45) is 3.61. The molecule has 3 rings (SSSR count). The summed E-state index contributed by atoms with van der Waals surface area (Å²) in [4.78, 5) is 14.5. The molecule has 3 unspecified atom stereocenters. The fourth-order valence-electron chi connectivity index (χ4n) is 3.20. The number of likely N-dealkylation sites (tertiary alicyclic amines) is 1. The number of nitrogens with zero attached hydrogens (tertiary/aromatic N) is 1. The van der Waals surface area contributed by atoms with Crippen molar-refractivity contribution in [3.63, 3.8) is 0 Å². The highest BCUT2D eigenvalue weighted by Crippen LogP contribution is 2.37. The van der Waals surface area contributed by atoms with Crippen LogP contribution in [0.25, 0.3) is 0 Å². The number of benzene rings is 1. The van der Waals surface area contributed by atoms with Crippen molar-refractivity contribution in [3.05, 3.63) is 35.9 Å². The number of rotatable bonds is 5. The van der Waals surface area contributed by atoms with Gasteiger partial charge in [-0.25, -0.2) is 0 Å². The van der Waals surface area contributed by atoms with Gasteiger partial charge < -0.3 is 5.32 Å². The van der Waals surface area contributed by atoms with Gasteiger partial charge in [-0.1, -0.05) is 37.3 Å². The van der Waals surface area contributed by atoms with Crippen LogP contribution in [-0.2, 0) is 4.79 Å². The molecule has 1 saturated heterocycles.